The summed E-state index contributed by atoms with van der Waals surface area (Å²) < 4.78 is 39.2. The van der Waals surface area contributed by atoms with Crippen LogP contribution in [0, 0.1) is 0 Å². The van der Waals surface area contributed by atoms with E-state index in [1.807, 2.05) is 97.1 Å². The molecule has 0 fully saturated rings. The average molecular weight is 1760 g/mol. The summed E-state index contributed by atoms with van der Waals surface area (Å²) in [4.78, 5) is 169. The molecule has 0 aliphatic carbocycles. The number of amides is 4. The van der Waals surface area contributed by atoms with E-state index in [9.17, 15) is 57.5 Å². The molecule has 0 bridgehead atoms. The molecule has 0 spiro atoms. The summed E-state index contributed by atoms with van der Waals surface area (Å²) in [5.41, 5.74) is 15.2. The lowest BCUT2D eigenvalue weighted by Gasteiger charge is -2.40. The van der Waals surface area contributed by atoms with E-state index in [2.05, 4.69) is 19.9 Å². The van der Waals surface area contributed by atoms with Gasteiger partial charge < -0.3 is 77.4 Å². The van der Waals surface area contributed by atoms with Crippen LogP contribution in [-0.4, -0.2) is 215 Å². The molecule has 32 heteroatoms. The quantitative estimate of drug-likeness (QED) is 0.0396. The number of hydrogen-bond acceptors (Lipinski definition) is 20. The Balaban J connectivity index is 0.000000142. The van der Waals surface area contributed by atoms with Crippen molar-refractivity contribution in [1.82, 2.24) is 39.5 Å². The van der Waals surface area contributed by atoms with Gasteiger partial charge in [-0.25, -0.2) is 38.4 Å². The highest BCUT2D eigenvalue weighted by molar-refractivity contribution is 6.29. The van der Waals surface area contributed by atoms with Gasteiger partial charge in [-0.1, -0.05) is 121 Å². The monoisotopic (exact) mass is 1760 g/mol. The Morgan fingerprint density at radius 2 is 0.444 bits per heavy atom. The number of carbonyl (C=O) groups is 12. The number of fused-ring (bicyclic) bond motifs is 12. The third kappa shape index (κ3) is 17.2. The highest BCUT2D eigenvalue weighted by Crippen LogP contribution is 2.47. The lowest BCUT2D eigenvalue weighted by molar-refractivity contribution is -0.154. The number of alkyl halides is 4. The van der Waals surface area contributed by atoms with Gasteiger partial charge in [0.15, 0.2) is 0 Å². The molecule has 4 amide bonds. The first-order valence-electron chi connectivity index (χ1n) is 38.9. The Morgan fingerprint density at radius 1 is 0.266 bits per heavy atom. The molecule has 28 nitrogen and oxygen atoms in total. The first kappa shape index (κ1) is 88.5. The van der Waals surface area contributed by atoms with Gasteiger partial charge in [-0.15, -0.1) is 46.4 Å². The maximum absolute atomic E-state index is 12.9. The number of halogens is 4. The van der Waals surface area contributed by atoms with Gasteiger partial charge in [0, 0.05) is 92.1 Å². The molecule has 640 valence electrons. The number of benzene rings is 8. The first-order valence-corrected chi connectivity index (χ1v) is 41.0. The number of aromatic amines is 4. The van der Waals surface area contributed by atoms with E-state index in [1.165, 1.54) is 76.5 Å². The van der Waals surface area contributed by atoms with Crippen LogP contribution in [-0.2, 0) is 102 Å². The van der Waals surface area contributed by atoms with E-state index in [0.29, 0.717) is 47.9 Å². The molecule has 4 aromatic heterocycles. The van der Waals surface area contributed by atoms with Crippen molar-refractivity contribution < 1.29 is 95.4 Å². The fourth-order valence-electron chi connectivity index (χ4n) is 17.0. The van der Waals surface area contributed by atoms with Crippen molar-refractivity contribution >= 4 is 161 Å². The molecule has 0 saturated carbocycles. The van der Waals surface area contributed by atoms with Gasteiger partial charge >= 0.3 is 47.8 Å². The minimum atomic E-state index is -0.826. The van der Waals surface area contributed by atoms with E-state index in [-0.39, 0.29) is 47.1 Å². The van der Waals surface area contributed by atoms with Crippen LogP contribution in [0.3, 0.4) is 0 Å². The Labute approximate surface area is 730 Å². The van der Waals surface area contributed by atoms with Crippen molar-refractivity contribution in [2.75, 3.05) is 80.4 Å². The second kappa shape index (κ2) is 38.8. The maximum Gasteiger partial charge on any atom is 0.337 e. The molecule has 124 heavy (non-hydrogen) atoms. The number of nitrogens with one attached hydrogen (secondary N) is 4. The molecular formula is C92H84Cl4N8O20. The van der Waals surface area contributed by atoms with Gasteiger partial charge in [0.2, 0.25) is 23.6 Å². The number of methoxy groups -OCH3 is 8. The molecule has 8 aromatic carbocycles. The van der Waals surface area contributed by atoms with Gasteiger partial charge in [0.05, 0.1) is 103 Å². The normalized spacial score (nSPS) is 17.8. The number of carbonyl (C=O) groups excluding carboxylic acids is 12. The maximum atomic E-state index is 12.9. The van der Waals surface area contributed by atoms with Crippen LogP contribution in [0.5, 0.6) is 0 Å². The van der Waals surface area contributed by atoms with Gasteiger partial charge in [0.25, 0.3) is 0 Å². The molecule has 0 radical (unpaired) electrons. The van der Waals surface area contributed by atoms with Crippen LogP contribution in [0.2, 0.25) is 0 Å². The second-order valence-corrected chi connectivity index (χ2v) is 30.1. The molecule has 0 unspecified atom stereocenters. The molecule has 4 aliphatic heterocycles. The number of esters is 8. The van der Waals surface area contributed by atoms with Gasteiger partial charge in [-0.3, -0.25) is 19.2 Å². The summed E-state index contributed by atoms with van der Waals surface area (Å²) in [6, 6.07) is 52.5. The average Bonchev–Trinajstić information content (AvgIpc) is 1.58. The fourth-order valence-corrected chi connectivity index (χ4v) is 17.6. The molecular weight excluding hydrogens is 1680 g/mol. The number of rotatable bonds is 16. The summed E-state index contributed by atoms with van der Waals surface area (Å²) >= 11 is 23.7. The van der Waals surface area contributed by atoms with Gasteiger partial charge in [-0.2, -0.15) is 0 Å². The van der Waals surface area contributed by atoms with Crippen LogP contribution < -0.4 is 0 Å². The zero-order valence-corrected chi connectivity index (χ0v) is 71.2. The van der Waals surface area contributed by atoms with Crippen LogP contribution in [0.25, 0.3) is 43.6 Å². The van der Waals surface area contributed by atoms with Crippen molar-refractivity contribution in [3.05, 3.63) is 284 Å². The standard InChI is InChI=1S/4C23H21ClN2O5/c4*1-30-22(28)14-9-7-13(8-10-14)21-20-16(15-5-3-4-6-17(15)25-20)11-18(23(29)31-2)26(21)19(27)12-24/h4*3-10,18,21,25H,11-12H2,1-2H3/t2*18-,21+;2*18-,21-/m1010/s1. The third-order valence-electron chi connectivity index (χ3n) is 22.6. The predicted octanol–water partition coefficient (Wildman–Crippen LogP) is 12.8. The van der Waals surface area contributed by atoms with E-state index < -0.39 is 96.1 Å². The number of para-hydroxylation sites is 4. The fraction of sp³-hybridized carbons (Fsp3) is 0.261. The first-order chi connectivity index (χ1) is 60.0. The minimum Gasteiger partial charge on any atom is -0.467 e. The summed E-state index contributed by atoms with van der Waals surface area (Å²) in [6.07, 6.45) is 1.24. The molecule has 4 aliphatic rings. The van der Waals surface area contributed by atoms with Gasteiger partial charge in [0.1, 0.15) is 47.7 Å². The highest BCUT2D eigenvalue weighted by atomic mass is 35.5. The molecule has 8 atom stereocenters. The number of ether oxygens (including phenoxy) is 8. The van der Waals surface area contributed by atoms with Crippen LogP contribution in [0.4, 0.5) is 0 Å². The third-order valence-corrected chi connectivity index (χ3v) is 23.5. The summed E-state index contributed by atoms with van der Waals surface area (Å²) in [6.45, 7) is 0. The Morgan fingerprint density at radius 3 is 0.605 bits per heavy atom. The van der Waals surface area contributed by atoms with Crippen molar-refractivity contribution in [3.8, 4) is 0 Å². The van der Waals surface area contributed by atoms with Crippen molar-refractivity contribution in [2.24, 2.45) is 0 Å². The Kier molecular flexibility index (Phi) is 27.7. The van der Waals surface area contributed by atoms with Crippen molar-refractivity contribution in [1.29, 1.82) is 0 Å². The van der Waals surface area contributed by atoms with Crippen molar-refractivity contribution in [3.63, 3.8) is 0 Å². The zero-order valence-electron chi connectivity index (χ0n) is 68.2. The molecule has 4 N–H and O–H groups in total. The molecule has 16 rings (SSSR count). The minimum absolute atomic E-state index is 0.278. The number of nitrogens with zero attached hydrogens (tertiary/aromatic N) is 4. The SMILES string of the molecule is COC(=O)c1ccc([C@@H]2c3[nH]c4ccccc4c3C[C@@H](C(=O)OC)N2C(=O)CCl)cc1.COC(=O)c1ccc([C@@H]2c3[nH]c4ccccc4c3C[C@H](C(=O)OC)N2C(=O)CCl)cc1.COC(=O)c1ccc([C@H]2c3[nH]c4ccccc4c3C[C@@H](C(=O)OC)N2C(=O)CCl)cc1.COC(=O)c1ccc([C@H]2c3[nH]c4ccccc4c3C[C@H](C(=O)OC)N2C(=O)CCl)cc1. The van der Waals surface area contributed by atoms with Crippen molar-refractivity contribution in [2.45, 2.75) is 74.0 Å². The molecule has 12 aromatic rings. The van der Waals surface area contributed by atoms with E-state index in [0.717, 1.165) is 111 Å². The second-order valence-electron chi connectivity index (χ2n) is 29.0. The van der Waals surface area contributed by atoms with Crippen LogP contribution >= 0.6 is 46.4 Å². The van der Waals surface area contributed by atoms with Crippen LogP contribution in [0.1, 0.15) is 133 Å². The summed E-state index contributed by atoms with van der Waals surface area (Å²) in [5.74, 6) is -6.51. The molecule has 8 heterocycles. The Hall–Kier alpha value is -13.3. The lowest BCUT2D eigenvalue weighted by Crippen LogP contribution is -2.52. The smallest absolute Gasteiger partial charge is 0.337 e. The highest BCUT2D eigenvalue weighted by Gasteiger charge is 2.49. The number of hydrogen-bond donors (Lipinski definition) is 4. The van der Waals surface area contributed by atoms with Gasteiger partial charge in [-0.05, 0) is 117 Å². The predicted molar refractivity (Wildman–Crippen MR) is 460 cm³/mol. The van der Waals surface area contributed by atoms with E-state index in [4.69, 9.17) is 84.3 Å². The van der Waals surface area contributed by atoms with E-state index in [1.54, 1.807) is 97.1 Å². The van der Waals surface area contributed by atoms with Crippen LogP contribution in [0.15, 0.2) is 194 Å². The lowest BCUT2D eigenvalue weighted by atomic mass is 9.87. The topological polar surface area (TPSA) is 355 Å². The number of aromatic nitrogens is 4. The molecule has 0 saturated heterocycles. The Bertz CT molecular complexity index is 5350. The van der Waals surface area contributed by atoms with E-state index >= 15 is 0 Å². The largest absolute Gasteiger partial charge is 0.467 e. The zero-order chi connectivity index (χ0) is 88.5. The number of H-pyrrole nitrogens is 4. The summed E-state index contributed by atoms with van der Waals surface area (Å²) in [7, 11) is 10.5. The summed E-state index contributed by atoms with van der Waals surface area (Å²) in [5, 5.41) is 3.95.